The molecule has 0 aliphatic rings. The predicted molar refractivity (Wildman–Crippen MR) is 145 cm³/mol. The summed E-state index contributed by atoms with van der Waals surface area (Å²) in [5, 5.41) is 11.3. The van der Waals surface area contributed by atoms with Gasteiger partial charge in [-0.3, -0.25) is 4.98 Å². The van der Waals surface area contributed by atoms with Gasteiger partial charge < -0.3 is 5.73 Å². The lowest BCUT2D eigenvalue weighted by Gasteiger charge is -2.11. The summed E-state index contributed by atoms with van der Waals surface area (Å²) in [6.45, 7) is 2.07. The number of nitrogens with two attached hydrogens (primary N) is 1. The van der Waals surface area contributed by atoms with Gasteiger partial charge in [0.2, 0.25) is 0 Å². The average Bonchev–Trinajstić information content (AvgIpc) is 2.86. The van der Waals surface area contributed by atoms with Gasteiger partial charge in [0.15, 0.2) is 0 Å². The molecule has 4 aromatic carbocycles. The van der Waals surface area contributed by atoms with E-state index in [0.717, 1.165) is 43.6 Å². The number of pyridine rings is 1. The van der Waals surface area contributed by atoms with E-state index in [9.17, 15) is 0 Å². The number of halogens is 1. The lowest BCUT2D eigenvalue weighted by molar-refractivity contribution is 1.20. The lowest BCUT2D eigenvalue weighted by Crippen LogP contribution is -1.89. The lowest BCUT2D eigenvalue weighted by atomic mass is 9.95. The molecule has 0 saturated carbocycles. The summed E-state index contributed by atoms with van der Waals surface area (Å²) in [6, 6.07) is 27.7. The van der Waals surface area contributed by atoms with Crippen molar-refractivity contribution >= 4 is 52.1 Å². The Balaban J connectivity index is 1.48. The molecule has 1 heterocycles. The molecule has 1 aromatic heterocycles. The highest BCUT2D eigenvalue weighted by Crippen LogP contribution is 2.37. The number of rotatable bonds is 4. The molecule has 0 atom stereocenters. The van der Waals surface area contributed by atoms with E-state index in [1.165, 1.54) is 0 Å². The molecule has 5 aromatic rings. The van der Waals surface area contributed by atoms with Gasteiger partial charge in [-0.1, -0.05) is 65.7 Å². The van der Waals surface area contributed by atoms with E-state index in [1.807, 2.05) is 66.7 Å². The summed E-state index contributed by atoms with van der Waals surface area (Å²) in [4.78, 5) is 5.47. The summed E-state index contributed by atoms with van der Waals surface area (Å²) < 4.78 is 0. The maximum Gasteiger partial charge on any atom is 0.110 e. The minimum Gasteiger partial charge on any atom is -0.396 e. The monoisotopic (exact) mass is 480 g/mol. The molecule has 0 aliphatic heterocycles. The van der Waals surface area contributed by atoms with Crippen LogP contribution < -0.4 is 5.73 Å². The zero-order valence-electron chi connectivity index (χ0n) is 18.4. The maximum absolute atomic E-state index is 6.34. The SMILES string of the molecule is Cc1ccc(-c2cccc(Cl)c2)c(-c2ccc(N=Nc3cc(S)c4ccccc4c3N)cn2)c1. The Hall–Kier alpha value is -3.67. The van der Waals surface area contributed by atoms with Crippen molar-refractivity contribution in [1.29, 1.82) is 0 Å². The van der Waals surface area contributed by atoms with Gasteiger partial charge in [-0.15, -0.1) is 22.9 Å². The Labute approximate surface area is 208 Å². The number of hydrogen-bond donors (Lipinski definition) is 2. The van der Waals surface area contributed by atoms with E-state index in [0.29, 0.717) is 22.1 Å². The van der Waals surface area contributed by atoms with Gasteiger partial charge in [0.25, 0.3) is 0 Å². The number of benzene rings is 4. The fourth-order valence-corrected chi connectivity index (χ4v) is 4.45. The first-order valence-electron chi connectivity index (χ1n) is 10.7. The van der Waals surface area contributed by atoms with Crippen LogP contribution in [0.4, 0.5) is 17.1 Å². The normalized spacial score (nSPS) is 11.4. The van der Waals surface area contributed by atoms with Crippen LogP contribution in [0, 0.1) is 6.92 Å². The number of nitrogens with zero attached hydrogens (tertiary/aromatic N) is 3. The summed E-state index contributed by atoms with van der Waals surface area (Å²) >= 11 is 10.8. The van der Waals surface area contributed by atoms with Gasteiger partial charge >= 0.3 is 0 Å². The topological polar surface area (TPSA) is 63.6 Å². The van der Waals surface area contributed by atoms with Crippen molar-refractivity contribution in [3.63, 3.8) is 0 Å². The third kappa shape index (κ3) is 4.40. The third-order valence-corrected chi connectivity index (χ3v) is 6.26. The third-order valence-electron chi connectivity index (χ3n) is 5.65. The van der Waals surface area contributed by atoms with E-state index < -0.39 is 0 Å². The van der Waals surface area contributed by atoms with E-state index in [-0.39, 0.29) is 0 Å². The predicted octanol–water partition coefficient (Wildman–Crippen LogP) is 8.82. The largest absolute Gasteiger partial charge is 0.396 e. The van der Waals surface area contributed by atoms with Crippen LogP contribution >= 0.6 is 24.2 Å². The Morgan fingerprint density at radius 2 is 1.65 bits per heavy atom. The van der Waals surface area contributed by atoms with Crippen LogP contribution in [-0.2, 0) is 0 Å². The smallest absolute Gasteiger partial charge is 0.110 e. The number of azo groups is 1. The van der Waals surface area contributed by atoms with Gasteiger partial charge in [0, 0.05) is 20.9 Å². The van der Waals surface area contributed by atoms with Crippen LogP contribution in [0.2, 0.25) is 5.02 Å². The minimum absolute atomic E-state index is 0.577. The first-order chi connectivity index (χ1) is 16.5. The van der Waals surface area contributed by atoms with Crippen molar-refractivity contribution in [1.82, 2.24) is 4.98 Å². The molecule has 0 amide bonds. The van der Waals surface area contributed by atoms with Crippen molar-refractivity contribution in [3.05, 3.63) is 102 Å². The number of hydrogen-bond acceptors (Lipinski definition) is 5. The standard InChI is InChI=1S/C28H21ClN4S/c1-17-9-11-21(18-5-4-6-19(29)14-18)24(13-17)25-12-10-20(16-31-25)32-33-26-15-27(34)22-7-2-3-8-23(22)28(26)30/h2-16,34H,30H2,1H3. The second-order valence-corrected chi connectivity index (χ2v) is 8.95. The molecule has 4 nitrogen and oxygen atoms in total. The molecule has 166 valence electrons. The van der Waals surface area contributed by atoms with Crippen molar-refractivity contribution < 1.29 is 0 Å². The van der Waals surface area contributed by atoms with Crippen LogP contribution in [-0.4, -0.2) is 4.98 Å². The molecule has 5 rings (SSSR count). The van der Waals surface area contributed by atoms with Crippen molar-refractivity contribution in [2.24, 2.45) is 10.2 Å². The van der Waals surface area contributed by atoms with E-state index >= 15 is 0 Å². The highest BCUT2D eigenvalue weighted by Gasteiger charge is 2.11. The molecule has 0 aliphatic carbocycles. The fraction of sp³-hybridized carbons (Fsp3) is 0.0357. The zero-order chi connectivity index (χ0) is 23.7. The number of thiol groups is 1. The van der Waals surface area contributed by atoms with Crippen LogP contribution in [0.5, 0.6) is 0 Å². The minimum atomic E-state index is 0.577. The molecule has 0 radical (unpaired) electrons. The molecule has 0 bridgehead atoms. The fourth-order valence-electron chi connectivity index (χ4n) is 3.94. The Kier molecular flexibility index (Phi) is 6.05. The molecular weight excluding hydrogens is 460 g/mol. The van der Waals surface area contributed by atoms with Crippen molar-refractivity contribution in [3.8, 4) is 22.4 Å². The highest BCUT2D eigenvalue weighted by atomic mass is 35.5. The zero-order valence-corrected chi connectivity index (χ0v) is 20.1. The number of fused-ring (bicyclic) bond motifs is 1. The van der Waals surface area contributed by atoms with E-state index in [4.69, 9.17) is 17.3 Å². The summed E-state index contributed by atoms with van der Waals surface area (Å²) in [5.41, 5.74) is 13.3. The molecular formula is C28H21ClN4S. The number of nitrogen functional groups attached to an aromatic ring is 1. The number of aryl methyl sites for hydroxylation is 1. The maximum atomic E-state index is 6.34. The molecule has 2 N–H and O–H groups in total. The molecule has 0 unspecified atom stereocenters. The first-order valence-corrected chi connectivity index (χ1v) is 11.6. The molecule has 0 saturated heterocycles. The molecule has 34 heavy (non-hydrogen) atoms. The van der Waals surface area contributed by atoms with Crippen LogP contribution in [0.1, 0.15) is 5.56 Å². The summed E-state index contributed by atoms with van der Waals surface area (Å²) in [5.74, 6) is 0. The van der Waals surface area contributed by atoms with Gasteiger partial charge in [-0.05, 0) is 59.8 Å². The molecule has 0 spiro atoms. The van der Waals surface area contributed by atoms with Gasteiger partial charge in [0.05, 0.1) is 17.6 Å². The van der Waals surface area contributed by atoms with E-state index in [1.54, 1.807) is 6.20 Å². The molecule has 6 heteroatoms. The first kappa shape index (κ1) is 22.1. The summed E-state index contributed by atoms with van der Waals surface area (Å²) in [7, 11) is 0. The van der Waals surface area contributed by atoms with Crippen molar-refractivity contribution in [2.75, 3.05) is 5.73 Å². The Bertz CT molecular complexity index is 1540. The summed E-state index contributed by atoms with van der Waals surface area (Å²) in [6.07, 6.45) is 1.71. The van der Waals surface area contributed by atoms with Crippen LogP contribution in [0.15, 0.2) is 106 Å². The Morgan fingerprint density at radius 1 is 0.824 bits per heavy atom. The second kappa shape index (κ2) is 9.29. The quantitative estimate of drug-likeness (QED) is 0.153. The highest BCUT2D eigenvalue weighted by molar-refractivity contribution is 7.80. The van der Waals surface area contributed by atoms with Crippen LogP contribution in [0.25, 0.3) is 33.2 Å². The molecule has 0 fully saturated rings. The van der Waals surface area contributed by atoms with E-state index in [2.05, 4.69) is 53.0 Å². The number of anilines is 1. The van der Waals surface area contributed by atoms with Gasteiger partial charge in [0.1, 0.15) is 11.4 Å². The average molecular weight is 481 g/mol. The van der Waals surface area contributed by atoms with Crippen LogP contribution in [0.3, 0.4) is 0 Å². The Morgan fingerprint density at radius 3 is 2.41 bits per heavy atom. The second-order valence-electron chi connectivity index (χ2n) is 8.04. The van der Waals surface area contributed by atoms with Gasteiger partial charge in [-0.25, -0.2) is 0 Å². The van der Waals surface area contributed by atoms with Gasteiger partial charge in [-0.2, -0.15) is 0 Å². The van der Waals surface area contributed by atoms with Crippen molar-refractivity contribution in [2.45, 2.75) is 11.8 Å². The number of aromatic nitrogens is 1.